The molecule has 1 N–H and O–H groups in total. The zero-order valence-corrected chi connectivity index (χ0v) is 11.4. The van der Waals surface area contributed by atoms with E-state index in [1.54, 1.807) is 6.08 Å². The number of nitrogens with zero attached hydrogens (tertiary/aromatic N) is 1. The lowest BCUT2D eigenvalue weighted by molar-refractivity contribution is -0.131. The van der Waals surface area contributed by atoms with E-state index in [1.165, 1.54) is 24.5 Å². The van der Waals surface area contributed by atoms with Crippen molar-refractivity contribution >= 4 is 12.0 Å². The lowest BCUT2D eigenvalue weighted by Gasteiger charge is -2.21. The molecule has 1 fully saturated rings. The molecule has 0 radical (unpaired) electrons. The van der Waals surface area contributed by atoms with Crippen molar-refractivity contribution in [2.75, 3.05) is 13.1 Å². The zero-order chi connectivity index (χ0) is 13.7. The molecule has 0 heterocycles. The standard InChI is InChI=1S/C16H21NO2/c1-2-17(11-13-7-8-13)12-15-6-4-3-5-14(15)9-10-16(18)19/h3-6,9-10,13H,2,7-8,11-12H2,1H3,(H,18,19). The summed E-state index contributed by atoms with van der Waals surface area (Å²) < 4.78 is 0. The van der Waals surface area contributed by atoms with E-state index in [1.807, 2.05) is 18.2 Å². The molecule has 0 aromatic heterocycles. The molecule has 1 aliphatic carbocycles. The first-order valence-corrected chi connectivity index (χ1v) is 6.90. The maximum Gasteiger partial charge on any atom is 0.328 e. The minimum atomic E-state index is -0.903. The molecule has 1 aromatic rings. The van der Waals surface area contributed by atoms with Gasteiger partial charge in [0, 0.05) is 19.2 Å². The van der Waals surface area contributed by atoms with Crippen molar-refractivity contribution in [2.45, 2.75) is 26.3 Å². The molecule has 0 amide bonds. The van der Waals surface area contributed by atoms with Crippen molar-refractivity contribution in [1.29, 1.82) is 0 Å². The second-order valence-electron chi connectivity index (χ2n) is 5.14. The van der Waals surface area contributed by atoms with Gasteiger partial charge in [-0.1, -0.05) is 31.2 Å². The van der Waals surface area contributed by atoms with Crippen LogP contribution < -0.4 is 0 Å². The van der Waals surface area contributed by atoms with Gasteiger partial charge in [0.15, 0.2) is 0 Å². The van der Waals surface area contributed by atoms with Crippen LogP contribution in [0.1, 0.15) is 30.9 Å². The van der Waals surface area contributed by atoms with Crippen molar-refractivity contribution in [3.05, 3.63) is 41.5 Å². The predicted molar refractivity (Wildman–Crippen MR) is 76.8 cm³/mol. The third kappa shape index (κ3) is 4.52. The smallest absolute Gasteiger partial charge is 0.328 e. The van der Waals surface area contributed by atoms with Gasteiger partial charge in [0.1, 0.15) is 0 Å². The maximum atomic E-state index is 10.6. The van der Waals surface area contributed by atoms with Gasteiger partial charge < -0.3 is 5.11 Å². The van der Waals surface area contributed by atoms with Crippen LogP contribution >= 0.6 is 0 Å². The van der Waals surface area contributed by atoms with Crippen LogP contribution in [0.5, 0.6) is 0 Å². The monoisotopic (exact) mass is 259 g/mol. The Morgan fingerprint density at radius 1 is 1.42 bits per heavy atom. The summed E-state index contributed by atoms with van der Waals surface area (Å²) >= 11 is 0. The van der Waals surface area contributed by atoms with Crippen LogP contribution in [0.3, 0.4) is 0 Å². The first-order valence-electron chi connectivity index (χ1n) is 6.90. The van der Waals surface area contributed by atoms with Gasteiger partial charge in [-0.25, -0.2) is 4.79 Å². The lowest BCUT2D eigenvalue weighted by Crippen LogP contribution is -2.25. The first-order chi connectivity index (χ1) is 9.19. The van der Waals surface area contributed by atoms with Crippen molar-refractivity contribution in [3.63, 3.8) is 0 Å². The van der Waals surface area contributed by atoms with Crippen molar-refractivity contribution < 1.29 is 9.90 Å². The molecule has 102 valence electrons. The van der Waals surface area contributed by atoms with Crippen molar-refractivity contribution in [3.8, 4) is 0 Å². The fraction of sp³-hybridized carbons (Fsp3) is 0.438. The zero-order valence-electron chi connectivity index (χ0n) is 11.4. The van der Waals surface area contributed by atoms with Gasteiger partial charge in [0.25, 0.3) is 0 Å². The Morgan fingerprint density at radius 2 is 2.16 bits per heavy atom. The lowest BCUT2D eigenvalue weighted by atomic mass is 10.1. The number of carboxylic acids is 1. The van der Waals surface area contributed by atoms with Crippen LogP contribution in [0, 0.1) is 5.92 Å². The molecular formula is C16H21NO2. The quantitative estimate of drug-likeness (QED) is 0.765. The minimum absolute atomic E-state index is 0.877. The van der Waals surface area contributed by atoms with Crippen LogP contribution in [0.25, 0.3) is 6.08 Å². The Kier molecular flexibility index (Phi) is 4.74. The Balaban J connectivity index is 2.06. The van der Waals surface area contributed by atoms with Crippen LogP contribution in [-0.4, -0.2) is 29.1 Å². The molecule has 0 unspecified atom stereocenters. The van der Waals surface area contributed by atoms with Crippen LogP contribution in [0.15, 0.2) is 30.3 Å². The Hall–Kier alpha value is -1.61. The minimum Gasteiger partial charge on any atom is -0.478 e. The first kappa shape index (κ1) is 13.8. The van der Waals surface area contributed by atoms with E-state index in [-0.39, 0.29) is 0 Å². The molecule has 3 heteroatoms. The van der Waals surface area contributed by atoms with Crippen molar-refractivity contribution in [2.24, 2.45) is 5.92 Å². The highest BCUT2D eigenvalue weighted by Gasteiger charge is 2.23. The normalized spacial score (nSPS) is 15.3. The molecule has 3 nitrogen and oxygen atoms in total. The number of hydrogen-bond donors (Lipinski definition) is 1. The van der Waals surface area contributed by atoms with Gasteiger partial charge in [-0.2, -0.15) is 0 Å². The maximum absolute atomic E-state index is 10.6. The number of benzene rings is 1. The highest BCUT2D eigenvalue weighted by molar-refractivity contribution is 5.85. The van der Waals surface area contributed by atoms with Gasteiger partial charge in [0.2, 0.25) is 0 Å². The fourth-order valence-corrected chi connectivity index (χ4v) is 2.21. The third-order valence-electron chi connectivity index (χ3n) is 3.52. The molecule has 2 rings (SSSR count). The van der Waals surface area contributed by atoms with Gasteiger partial charge in [-0.3, -0.25) is 4.90 Å². The number of aliphatic carboxylic acids is 1. The summed E-state index contributed by atoms with van der Waals surface area (Å²) in [6.45, 7) is 5.27. The van der Waals surface area contributed by atoms with Gasteiger partial charge in [-0.15, -0.1) is 0 Å². The van der Waals surface area contributed by atoms with Gasteiger partial charge >= 0.3 is 5.97 Å². The number of carbonyl (C=O) groups is 1. The van der Waals surface area contributed by atoms with Crippen LogP contribution in [0.4, 0.5) is 0 Å². The van der Waals surface area contributed by atoms with Gasteiger partial charge in [-0.05, 0) is 42.5 Å². The molecule has 0 aliphatic heterocycles. The summed E-state index contributed by atoms with van der Waals surface area (Å²) in [5.41, 5.74) is 2.20. The topological polar surface area (TPSA) is 40.5 Å². The van der Waals surface area contributed by atoms with Crippen LogP contribution in [0.2, 0.25) is 0 Å². The molecular weight excluding hydrogens is 238 g/mol. The molecule has 0 bridgehead atoms. The number of rotatable bonds is 7. The third-order valence-corrected chi connectivity index (χ3v) is 3.52. The Labute approximate surface area is 114 Å². The van der Waals surface area contributed by atoms with Crippen LogP contribution in [-0.2, 0) is 11.3 Å². The van der Waals surface area contributed by atoms with E-state index >= 15 is 0 Å². The average Bonchev–Trinajstić information content (AvgIpc) is 3.20. The fourth-order valence-electron chi connectivity index (χ4n) is 2.21. The molecule has 19 heavy (non-hydrogen) atoms. The Morgan fingerprint density at radius 3 is 2.79 bits per heavy atom. The Bertz CT molecular complexity index is 464. The van der Waals surface area contributed by atoms with E-state index in [2.05, 4.69) is 17.9 Å². The number of hydrogen-bond acceptors (Lipinski definition) is 2. The highest BCUT2D eigenvalue weighted by Crippen LogP contribution is 2.30. The largest absolute Gasteiger partial charge is 0.478 e. The summed E-state index contributed by atoms with van der Waals surface area (Å²) in [5, 5.41) is 8.72. The second kappa shape index (κ2) is 6.53. The second-order valence-corrected chi connectivity index (χ2v) is 5.14. The van der Waals surface area contributed by atoms with Crippen molar-refractivity contribution in [1.82, 2.24) is 4.90 Å². The van der Waals surface area contributed by atoms with E-state index in [0.717, 1.165) is 31.1 Å². The van der Waals surface area contributed by atoms with E-state index < -0.39 is 5.97 Å². The summed E-state index contributed by atoms with van der Waals surface area (Å²) in [7, 11) is 0. The summed E-state index contributed by atoms with van der Waals surface area (Å²) in [5.74, 6) is -0.0261. The molecule has 1 saturated carbocycles. The molecule has 1 aliphatic rings. The summed E-state index contributed by atoms with van der Waals surface area (Å²) in [6, 6.07) is 8.01. The van der Waals surface area contributed by atoms with E-state index in [4.69, 9.17) is 5.11 Å². The highest BCUT2D eigenvalue weighted by atomic mass is 16.4. The van der Waals surface area contributed by atoms with E-state index in [9.17, 15) is 4.79 Å². The molecule has 0 saturated heterocycles. The molecule has 1 aromatic carbocycles. The summed E-state index contributed by atoms with van der Waals surface area (Å²) in [4.78, 5) is 13.1. The number of carboxylic acid groups (broad SMARTS) is 1. The molecule has 0 atom stereocenters. The SMILES string of the molecule is CCN(Cc1ccccc1C=CC(=O)O)CC1CC1. The predicted octanol–water partition coefficient (Wildman–Crippen LogP) is 3.02. The van der Waals surface area contributed by atoms with E-state index in [0.29, 0.717) is 0 Å². The molecule has 0 spiro atoms. The average molecular weight is 259 g/mol. The van der Waals surface area contributed by atoms with Gasteiger partial charge in [0.05, 0.1) is 0 Å². The summed E-state index contributed by atoms with van der Waals surface area (Å²) in [6.07, 6.45) is 5.60.